The first-order valence-corrected chi connectivity index (χ1v) is 33.6. The predicted octanol–water partition coefficient (Wildman–Crippen LogP) is 23.4. The Morgan fingerprint density at radius 2 is 0.482 bits per heavy atom. The summed E-state index contributed by atoms with van der Waals surface area (Å²) in [5.74, 6) is -0.997. The van der Waals surface area contributed by atoms with Gasteiger partial charge < -0.3 is 14.2 Å². The van der Waals surface area contributed by atoms with Crippen molar-refractivity contribution in [3.63, 3.8) is 0 Å². The highest BCUT2D eigenvalue weighted by Crippen LogP contribution is 2.14. The molecule has 0 bridgehead atoms. The van der Waals surface area contributed by atoms with Gasteiger partial charge in [0, 0.05) is 19.3 Å². The van der Waals surface area contributed by atoms with Gasteiger partial charge in [-0.3, -0.25) is 14.4 Å². The monoisotopic (exact) mass is 1140 g/mol. The van der Waals surface area contributed by atoms with Crippen molar-refractivity contribution < 1.29 is 28.6 Å². The van der Waals surface area contributed by atoms with E-state index in [2.05, 4.69) is 191 Å². The molecule has 0 rings (SSSR count). The van der Waals surface area contributed by atoms with Crippen LogP contribution >= 0.6 is 0 Å². The fourth-order valence-corrected chi connectivity index (χ4v) is 8.72. The lowest BCUT2D eigenvalue weighted by atomic mass is 10.1. The number of esters is 3. The van der Waals surface area contributed by atoms with Gasteiger partial charge in [0.1, 0.15) is 13.2 Å². The minimum absolute atomic E-state index is 0.114. The van der Waals surface area contributed by atoms with Crippen molar-refractivity contribution in [3.05, 3.63) is 170 Å². The molecule has 0 aromatic carbocycles. The van der Waals surface area contributed by atoms with Gasteiger partial charge in [-0.25, -0.2) is 0 Å². The van der Waals surface area contributed by atoms with E-state index < -0.39 is 6.10 Å². The Morgan fingerprint density at radius 3 is 0.783 bits per heavy atom. The van der Waals surface area contributed by atoms with Crippen LogP contribution < -0.4 is 0 Å². The van der Waals surface area contributed by atoms with Crippen molar-refractivity contribution in [3.8, 4) is 0 Å². The Hall–Kier alpha value is -5.23. The lowest BCUT2D eigenvalue weighted by Gasteiger charge is -2.18. The Balaban J connectivity index is 4.56. The largest absolute Gasteiger partial charge is 0.462 e. The maximum absolute atomic E-state index is 13.0. The van der Waals surface area contributed by atoms with Crippen molar-refractivity contribution >= 4 is 17.9 Å². The predicted molar refractivity (Wildman–Crippen MR) is 361 cm³/mol. The topological polar surface area (TPSA) is 78.9 Å². The summed E-state index contributed by atoms with van der Waals surface area (Å²) in [4.78, 5) is 38.4. The summed E-state index contributed by atoms with van der Waals surface area (Å²) in [5.41, 5.74) is 0. The van der Waals surface area contributed by atoms with Crippen molar-refractivity contribution in [2.45, 2.75) is 284 Å². The second-order valence-electron chi connectivity index (χ2n) is 21.6. The van der Waals surface area contributed by atoms with E-state index in [4.69, 9.17) is 14.2 Å². The summed E-state index contributed by atoms with van der Waals surface area (Å²) in [5, 5.41) is 0. The summed E-state index contributed by atoms with van der Waals surface area (Å²) in [6, 6.07) is 0. The molecule has 6 heteroatoms. The molecular weight excluding hydrogens is 1020 g/mol. The van der Waals surface area contributed by atoms with Crippen LogP contribution in [0, 0.1) is 0 Å². The first kappa shape index (κ1) is 77.8. The third-order valence-corrected chi connectivity index (χ3v) is 13.7. The molecule has 0 saturated carbocycles. The van der Waals surface area contributed by atoms with Crippen LogP contribution in [0.5, 0.6) is 0 Å². The highest BCUT2D eigenvalue weighted by molar-refractivity contribution is 5.71. The van der Waals surface area contributed by atoms with E-state index >= 15 is 0 Å². The summed E-state index contributed by atoms with van der Waals surface area (Å²) < 4.78 is 16.9. The minimum atomic E-state index is -0.824. The van der Waals surface area contributed by atoms with Crippen LogP contribution in [-0.2, 0) is 28.6 Å². The molecule has 0 aliphatic rings. The van der Waals surface area contributed by atoms with Crippen LogP contribution in [0.1, 0.15) is 278 Å². The Kier molecular flexibility index (Phi) is 64.9. The van der Waals surface area contributed by atoms with Crippen LogP contribution in [-0.4, -0.2) is 37.2 Å². The van der Waals surface area contributed by atoms with Gasteiger partial charge in [0.2, 0.25) is 0 Å². The second-order valence-corrected chi connectivity index (χ2v) is 21.6. The highest BCUT2D eigenvalue weighted by atomic mass is 16.6. The van der Waals surface area contributed by atoms with Gasteiger partial charge in [0.05, 0.1) is 0 Å². The number of hydrogen-bond donors (Lipinski definition) is 0. The van der Waals surface area contributed by atoms with Gasteiger partial charge in [0.15, 0.2) is 6.10 Å². The molecule has 0 heterocycles. The SMILES string of the molecule is CC/C=C\C/C=C\C/C=C\C/C=C\C/C=C\C/C=C\C/C=C\CCCC(=O)OCC(COC(=O)CCCCCCCC/C=C\C/C=C\C/C=C\CCCCCCC)OC(=O)CCCCCCCCCC/C=C\C/C=C\C/C=C\C/C=C\CC. The summed E-state index contributed by atoms with van der Waals surface area (Å²) in [7, 11) is 0. The molecular formula is C77H122O6. The number of ether oxygens (including phenoxy) is 3. The molecule has 0 fully saturated rings. The number of hydrogen-bond acceptors (Lipinski definition) is 6. The van der Waals surface area contributed by atoms with E-state index in [1.54, 1.807) is 0 Å². The van der Waals surface area contributed by atoms with Crippen LogP contribution in [0.2, 0.25) is 0 Å². The molecule has 0 aromatic rings. The average Bonchev–Trinajstić information content (AvgIpc) is 3.49. The van der Waals surface area contributed by atoms with E-state index in [-0.39, 0.29) is 37.5 Å². The van der Waals surface area contributed by atoms with E-state index in [9.17, 15) is 14.4 Å². The van der Waals surface area contributed by atoms with Gasteiger partial charge in [-0.15, -0.1) is 0 Å². The number of unbranched alkanes of at least 4 members (excludes halogenated alkanes) is 20. The fraction of sp³-hybridized carbons (Fsp3) is 0.597. The number of allylic oxidation sites excluding steroid dienone is 28. The molecule has 0 aliphatic heterocycles. The smallest absolute Gasteiger partial charge is 0.306 e. The zero-order valence-corrected chi connectivity index (χ0v) is 53.4. The van der Waals surface area contributed by atoms with Crippen molar-refractivity contribution in [1.29, 1.82) is 0 Å². The molecule has 1 atom stereocenters. The number of rotatable bonds is 59. The fourth-order valence-electron chi connectivity index (χ4n) is 8.72. The number of carbonyl (C=O) groups is 3. The zero-order valence-electron chi connectivity index (χ0n) is 53.4. The Bertz CT molecular complexity index is 1890. The maximum atomic E-state index is 13.0. The normalized spacial score (nSPS) is 13.2. The molecule has 6 nitrogen and oxygen atoms in total. The molecule has 466 valence electrons. The van der Waals surface area contributed by atoms with Crippen LogP contribution in [0.4, 0.5) is 0 Å². The van der Waals surface area contributed by atoms with Gasteiger partial charge in [-0.05, 0) is 148 Å². The summed E-state index contributed by atoms with van der Waals surface area (Å²) in [6.45, 7) is 6.34. The zero-order chi connectivity index (χ0) is 59.9. The molecule has 83 heavy (non-hydrogen) atoms. The third-order valence-electron chi connectivity index (χ3n) is 13.7. The van der Waals surface area contributed by atoms with E-state index in [0.717, 1.165) is 148 Å². The quantitative estimate of drug-likeness (QED) is 0.0261. The lowest BCUT2D eigenvalue weighted by molar-refractivity contribution is -0.167. The summed E-state index contributed by atoms with van der Waals surface area (Å²) >= 11 is 0. The van der Waals surface area contributed by atoms with Crippen LogP contribution in [0.15, 0.2) is 170 Å². The van der Waals surface area contributed by atoms with E-state index in [1.807, 2.05) is 0 Å². The van der Waals surface area contributed by atoms with Gasteiger partial charge >= 0.3 is 17.9 Å². The average molecular weight is 1140 g/mol. The van der Waals surface area contributed by atoms with Gasteiger partial charge in [-0.2, -0.15) is 0 Å². The van der Waals surface area contributed by atoms with Gasteiger partial charge in [-0.1, -0.05) is 281 Å². The Morgan fingerprint density at radius 1 is 0.253 bits per heavy atom. The molecule has 0 N–H and O–H groups in total. The molecule has 1 unspecified atom stereocenters. The van der Waals surface area contributed by atoms with Crippen molar-refractivity contribution in [1.82, 2.24) is 0 Å². The number of carbonyl (C=O) groups excluding carboxylic acids is 3. The van der Waals surface area contributed by atoms with E-state index in [0.29, 0.717) is 19.3 Å². The standard InChI is InChI=1S/C77H122O6/c1-4-7-10-13-16-19-22-25-28-31-34-37-38-41-43-46-49-52-55-58-61-64-67-70-76(79)82-73-74(83-77(80)71-68-65-62-59-56-53-50-47-44-40-36-33-30-27-24-21-18-15-12-9-6-3)72-81-75(78)69-66-63-60-57-54-51-48-45-42-39-35-32-29-26-23-20-17-14-11-8-5-2/h7,9-10,12,16,18-19,21,23,25-28,30,32,34-37,40-43,45,49,52,58,61,74H,4-6,8,11,13-15,17,20,22,24,29,31,33,38-39,44,46-48,50-51,53-57,59-60,62-73H2,1-3H3/b10-7-,12-9-,19-16-,21-18-,26-23-,28-25-,30-27-,35-32-,37-34-,40-36-,43-41-,45-42-,52-49-,61-58-. The second kappa shape index (κ2) is 69.3. The van der Waals surface area contributed by atoms with Crippen LogP contribution in [0.25, 0.3) is 0 Å². The highest BCUT2D eigenvalue weighted by Gasteiger charge is 2.19. The minimum Gasteiger partial charge on any atom is -0.462 e. The third kappa shape index (κ3) is 67.4. The first-order valence-electron chi connectivity index (χ1n) is 33.6. The molecule has 0 radical (unpaired) electrons. The Labute approximate surface area is 511 Å². The molecule has 0 saturated heterocycles. The molecule has 0 amide bonds. The van der Waals surface area contributed by atoms with Gasteiger partial charge in [0.25, 0.3) is 0 Å². The maximum Gasteiger partial charge on any atom is 0.306 e. The van der Waals surface area contributed by atoms with Crippen LogP contribution in [0.3, 0.4) is 0 Å². The van der Waals surface area contributed by atoms with Crippen molar-refractivity contribution in [2.24, 2.45) is 0 Å². The molecule has 0 aliphatic carbocycles. The van der Waals surface area contributed by atoms with E-state index in [1.165, 1.54) is 83.5 Å². The van der Waals surface area contributed by atoms with Crippen molar-refractivity contribution in [2.75, 3.05) is 13.2 Å². The first-order chi connectivity index (χ1) is 41.0. The molecule has 0 aromatic heterocycles. The lowest BCUT2D eigenvalue weighted by Crippen LogP contribution is -2.30. The molecule has 0 spiro atoms. The summed E-state index contributed by atoms with van der Waals surface area (Å²) in [6.07, 6.45) is 102.